The molecule has 0 amide bonds. The summed E-state index contributed by atoms with van der Waals surface area (Å²) in [5.74, 6) is 0.362. The molecule has 0 saturated carbocycles. The molecule has 0 aliphatic rings. The van der Waals surface area contributed by atoms with Crippen LogP contribution in [0.4, 0.5) is 11.8 Å². The second kappa shape index (κ2) is 8.35. The van der Waals surface area contributed by atoms with Crippen LogP contribution < -0.4 is 20.9 Å². The number of carbonyl (C=O) groups excluding carboxylic acids is 1. The van der Waals surface area contributed by atoms with Gasteiger partial charge in [-0.05, 0) is 28.1 Å². The van der Waals surface area contributed by atoms with Crippen LogP contribution in [-0.4, -0.2) is 36.3 Å². The Bertz CT molecular complexity index is 882. The molecule has 0 atom stereocenters. The zero-order chi connectivity index (χ0) is 19.3. The number of methoxy groups -OCH3 is 1. The Morgan fingerprint density at radius 1 is 1.27 bits per heavy atom. The van der Waals surface area contributed by atoms with E-state index in [1.807, 2.05) is 6.07 Å². The minimum Gasteiger partial charge on any atom is -0.493 e. The molecule has 9 nitrogen and oxygen atoms in total. The van der Waals surface area contributed by atoms with Gasteiger partial charge in [-0.15, -0.1) is 0 Å². The zero-order valence-electron chi connectivity index (χ0n) is 14.1. The number of benzene rings is 1. The summed E-state index contributed by atoms with van der Waals surface area (Å²) < 4.78 is 16.3. The van der Waals surface area contributed by atoms with Crippen molar-refractivity contribution in [3.63, 3.8) is 0 Å². The third kappa shape index (κ3) is 4.31. The van der Waals surface area contributed by atoms with Crippen LogP contribution in [0.25, 0.3) is 11.3 Å². The molecule has 26 heavy (non-hydrogen) atoms. The lowest BCUT2D eigenvalue weighted by atomic mass is 10.1. The van der Waals surface area contributed by atoms with E-state index in [-0.39, 0.29) is 42.2 Å². The van der Waals surface area contributed by atoms with E-state index in [1.54, 1.807) is 12.1 Å². The maximum Gasteiger partial charge on any atom is 0.302 e. The number of hydrogen-bond donors (Lipinski definition) is 2. The Kier molecular flexibility index (Phi) is 6.19. The fraction of sp³-hybridized carbons (Fsp3) is 0.250. The van der Waals surface area contributed by atoms with Gasteiger partial charge in [0.2, 0.25) is 5.95 Å². The molecule has 0 fully saturated rings. The molecule has 1 aromatic carbocycles. The molecular weight excluding hydrogens is 406 g/mol. The topological polar surface area (TPSA) is 146 Å². The molecule has 10 heteroatoms. The van der Waals surface area contributed by atoms with Crippen LogP contribution >= 0.6 is 15.9 Å². The van der Waals surface area contributed by atoms with Gasteiger partial charge in [-0.2, -0.15) is 10.2 Å². The molecule has 4 N–H and O–H groups in total. The largest absolute Gasteiger partial charge is 0.493 e. The van der Waals surface area contributed by atoms with Crippen LogP contribution in [-0.2, 0) is 9.53 Å². The number of nitrogen functional groups attached to an aromatic ring is 2. The van der Waals surface area contributed by atoms with Crippen molar-refractivity contribution >= 4 is 33.7 Å². The molecule has 0 bridgehead atoms. The number of carbonyl (C=O) groups is 1. The van der Waals surface area contributed by atoms with Crippen molar-refractivity contribution in [2.24, 2.45) is 0 Å². The normalized spacial score (nSPS) is 10.1. The van der Waals surface area contributed by atoms with Gasteiger partial charge in [0.25, 0.3) is 0 Å². The first-order chi connectivity index (χ1) is 12.4. The van der Waals surface area contributed by atoms with E-state index < -0.39 is 0 Å². The number of esters is 1. The van der Waals surface area contributed by atoms with Gasteiger partial charge in [0, 0.05) is 17.0 Å². The Morgan fingerprint density at radius 3 is 2.62 bits per heavy atom. The molecule has 0 saturated heterocycles. The summed E-state index contributed by atoms with van der Waals surface area (Å²) in [6, 6.07) is 5.26. The summed E-state index contributed by atoms with van der Waals surface area (Å²) in [6.07, 6.45) is 0. The van der Waals surface area contributed by atoms with E-state index in [0.717, 1.165) is 0 Å². The Balaban J connectivity index is 2.41. The average molecular weight is 422 g/mol. The number of aromatic nitrogens is 2. The van der Waals surface area contributed by atoms with Gasteiger partial charge in [-0.25, -0.2) is 4.98 Å². The van der Waals surface area contributed by atoms with Gasteiger partial charge >= 0.3 is 5.97 Å². The molecule has 0 aliphatic heterocycles. The highest BCUT2D eigenvalue weighted by Gasteiger charge is 2.19. The van der Waals surface area contributed by atoms with Gasteiger partial charge in [0.05, 0.1) is 12.8 Å². The van der Waals surface area contributed by atoms with Crippen LogP contribution in [0.2, 0.25) is 0 Å². The van der Waals surface area contributed by atoms with Crippen molar-refractivity contribution in [2.75, 3.05) is 31.8 Å². The quantitative estimate of drug-likeness (QED) is 0.526. The molecule has 0 spiro atoms. The fourth-order valence-electron chi connectivity index (χ4n) is 2.13. The first kappa shape index (κ1) is 19.3. The molecular formula is C16H16BrN5O4. The number of halogens is 1. The second-order valence-corrected chi connectivity index (χ2v) is 5.83. The van der Waals surface area contributed by atoms with E-state index in [9.17, 15) is 10.1 Å². The Labute approximate surface area is 158 Å². The van der Waals surface area contributed by atoms with Crippen molar-refractivity contribution in [3.05, 3.63) is 22.2 Å². The molecule has 1 heterocycles. The highest BCUT2D eigenvalue weighted by Crippen LogP contribution is 2.39. The maximum atomic E-state index is 10.8. The summed E-state index contributed by atoms with van der Waals surface area (Å²) in [6.45, 7) is 1.58. The second-order valence-electron chi connectivity index (χ2n) is 4.97. The number of rotatable bonds is 6. The summed E-state index contributed by atoms with van der Waals surface area (Å²) in [4.78, 5) is 18.7. The lowest BCUT2D eigenvalue weighted by molar-refractivity contribution is -0.141. The lowest BCUT2D eigenvalue weighted by Gasteiger charge is -2.15. The summed E-state index contributed by atoms with van der Waals surface area (Å²) in [7, 11) is 1.47. The van der Waals surface area contributed by atoms with Gasteiger partial charge in [-0.3, -0.25) is 4.79 Å². The zero-order valence-corrected chi connectivity index (χ0v) is 15.7. The number of nitriles is 1. The Morgan fingerprint density at radius 2 is 2.00 bits per heavy atom. The average Bonchev–Trinajstić information content (AvgIpc) is 2.58. The Hall–Kier alpha value is -3.06. The standard InChI is InChI=1S/C16H16BrN5O4/c1-8(23)25-3-4-26-13-6-11(17)9(5-12(13)24-2)14-10(7-18)15(19)22-16(20)21-14/h5-6H,3-4H2,1-2H3,(H4,19,20,21,22). The molecule has 0 unspecified atom stereocenters. The van der Waals surface area contributed by atoms with Crippen molar-refractivity contribution in [2.45, 2.75) is 6.92 Å². The van der Waals surface area contributed by atoms with Crippen LogP contribution in [0.5, 0.6) is 11.5 Å². The van der Waals surface area contributed by atoms with Gasteiger partial charge in [-0.1, -0.05) is 0 Å². The molecule has 1 aromatic heterocycles. The first-order valence-corrected chi connectivity index (χ1v) is 8.13. The lowest BCUT2D eigenvalue weighted by Crippen LogP contribution is -2.10. The molecule has 0 radical (unpaired) electrons. The van der Waals surface area contributed by atoms with Crippen LogP contribution in [0.1, 0.15) is 12.5 Å². The highest BCUT2D eigenvalue weighted by atomic mass is 79.9. The predicted octanol–water partition coefficient (Wildman–Crippen LogP) is 1.89. The third-order valence-electron chi connectivity index (χ3n) is 3.22. The number of anilines is 2. The van der Waals surface area contributed by atoms with Crippen molar-refractivity contribution in [3.8, 4) is 28.8 Å². The number of hydrogen-bond acceptors (Lipinski definition) is 9. The highest BCUT2D eigenvalue weighted by molar-refractivity contribution is 9.10. The van der Waals surface area contributed by atoms with Gasteiger partial charge in [0.15, 0.2) is 11.5 Å². The smallest absolute Gasteiger partial charge is 0.302 e. The van der Waals surface area contributed by atoms with Crippen molar-refractivity contribution in [1.82, 2.24) is 9.97 Å². The van der Waals surface area contributed by atoms with E-state index in [4.69, 9.17) is 25.7 Å². The van der Waals surface area contributed by atoms with E-state index >= 15 is 0 Å². The van der Waals surface area contributed by atoms with Crippen molar-refractivity contribution < 1.29 is 19.0 Å². The van der Waals surface area contributed by atoms with E-state index in [1.165, 1.54) is 14.0 Å². The fourth-order valence-corrected chi connectivity index (χ4v) is 2.64. The predicted molar refractivity (Wildman–Crippen MR) is 97.4 cm³/mol. The van der Waals surface area contributed by atoms with Crippen LogP contribution in [0.3, 0.4) is 0 Å². The minimum atomic E-state index is -0.389. The van der Waals surface area contributed by atoms with Gasteiger partial charge in [0.1, 0.15) is 30.7 Å². The molecule has 136 valence electrons. The van der Waals surface area contributed by atoms with Crippen LogP contribution in [0.15, 0.2) is 16.6 Å². The van der Waals surface area contributed by atoms with Crippen LogP contribution in [0, 0.1) is 11.3 Å². The number of nitrogens with zero attached hydrogens (tertiary/aromatic N) is 3. The molecule has 2 rings (SSSR count). The monoisotopic (exact) mass is 421 g/mol. The summed E-state index contributed by atoms with van der Waals surface area (Å²) in [5, 5.41) is 9.35. The molecule has 0 aliphatic carbocycles. The van der Waals surface area contributed by atoms with E-state index in [2.05, 4.69) is 25.9 Å². The summed E-state index contributed by atoms with van der Waals surface area (Å²) in [5.41, 5.74) is 12.3. The SMILES string of the molecule is COc1cc(-c2nc(N)nc(N)c2C#N)c(Br)cc1OCCOC(C)=O. The van der Waals surface area contributed by atoms with Gasteiger partial charge < -0.3 is 25.7 Å². The first-order valence-electron chi connectivity index (χ1n) is 7.34. The summed E-state index contributed by atoms with van der Waals surface area (Å²) >= 11 is 3.42. The van der Waals surface area contributed by atoms with Crippen molar-refractivity contribution in [1.29, 1.82) is 5.26 Å². The number of ether oxygens (including phenoxy) is 3. The molecule has 2 aromatic rings. The third-order valence-corrected chi connectivity index (χ3v) is 3.88. The van der Waals surface area contributed by atoms with E-state index in [0.29, 0.717) is 21.5 Å². The number of nitrogens with two attached hydrogens (primary N) is 2. The maximum absolute atomic E-state index is 10.8. The minimum absolute atomic E-state index is 0.0115.